The van der Waals surface area contributed by atoms with E-state index in [0.29, 0.717) is 29.4 Å². The molecule has 5 heteroatoms. The molecule has 2 aromatic carbocycles. The van der Waals surface area contributed by atoms with E-state index in [1.165, 1.54) is 16.6 Å². The molecule has 4 aromatic rings. The van der Waals surface area contributed by atoms with Crippen molar-refractivity contribution in [2.75, 3.05) is 0 Å². The Morgan fingerprint density at radius 1 is 0.618 bits per heavy atom. The van der Waals surface area contributed by atoms with Gasteiger partial charge >= 0.3 is 0 Å². The Hall–Kier alpha value is -2.69. The highest BCUT2D eigenvalue weighted by Crippen LogP contribution is 2.29. The molecular formula is C29H41FN4. The molecule has 2 aromatic heterocycles. The van der Waals surface area contributed by atoms with Gasteiger partial charge in [-0.05, 0) is 95.2 Å². The Bertz CT molecular complexity index is 1200. The molecule has 0 amide bonds. The van der Waals surface area contributed by atoms with Crippen LogP contribution in [-0.2, 0) is 0 Å². The molecule has 0 atom stereocenters. The molecule has 0 fully saturated rings. The van der Waals surface area contributed by atoms with E-state index >= 15 is 0 Å². The zero-order valence-electron chi connectivity index (χ0n) is 22.8. The predicted molar refractivity (Wildman–Crippen MR) is 143 cm³/mol. The molecule has 0 aliphatic rings. The van der Waals surface area contributed by atoms with Crippen LogP contribution in [0.5, 0.6) is 0 Å². The van der Waals surface area contributed by atoms with E-state index in [4.69, 9.17) is 4.98 Å². The number of aromatic nitrogens is 4. The van der Waals surface area contributed by atoms with Gasteiger partial charge in [-0.25, -0.2) is 14.4 Å². The molecular weight excluding hydrogens is 423 g/mol. The first-order chi connectivity index (χ1) is 15.8. The Morgan fingerprint density at radius 2 is 1.03 bits per heavy atom. The summed E-state index contributed by atoms with van der Waals surface area (Å²) in [5, 5.41) is 0. The first-order valence-electron chi connectivity index (χ1n) is 12.5. The average Bonchev–Trinajstić information content (AvgIpc) is 3.24. The standard InChI is InChI=1S/C15H22N2.C14H19FN2/c1-9(2)13-7-11(5)15-14(8-13)17(10(3)4)12(6)16-15;1-8(2)11-6-12(15)14-13(7-11)17(9(3)4)10(5)16-14/h7-10H,1-6H3;6-9H,1-5H3. The minimum atomic E-state index is -0.214. The molecule has 0 unspecified atom stereocenters. The third-order valence-electron chi connectivity index (χ3n) is 6.50. The number of halogens is 1. The Labute approximate surface area is 204 Å². The topological polar surface area (TPSA) is 35.6 Å². The van der Waals surface area contributed by atoms with Crippen molar-refractivity contribution in [1.82, 2.24) is 19.1 Å². The van der Waals surface area contributed by atoms with Crippen LogP contribution in [-0.4, -0.2) is 19.1 Å². The van der Waals surface area contributed by atoms with Gasteiger partial charge in [-0.3, -0.25) is 0 Å². The molecule has 34 heavy (non-hydrogen) atoms. The van der Waals surface area contributed by atoms with Crippen molar-refractivity contribution >= 4 is 22.1 Å². The number of fused-ring (bicyclic) bond motifs is 2. The van der Waals surface area contributed by atoms with Gasteiger partial charge in [-0.1, -0.05) is 33.8 Å². The molecule has 0 bridgehead atoms. The third-order valence-corrected chi connectivity index (χ3v) is 6.50. The average molecular weight is 465 g/mol. The summed E-state index contributed by atoms with van der Waals surface area (Å²) in [6.45, 7) is 23.4. The molecule has 0 spiro atoms. The summed E-state index contributed by atoms with van der Waals surface area (Å²) < 4.78 is 18.4. The number of benzene rings is 2. The molecule has 2 heterocycles. The third kappa shape index (κ3) is 4.89. The lowest BCUT2D eigenvalue weighted by Crippen LogP contribution is -2.03. The number of rotatable bonds is 4. The van der Waals surface area contributed by atoms with Crippen molar-refractivity contribution in [1.29, 1.82) is 0 Å². The van der Waals surface area contributed by atoms with Gasteiger partial charge in [0.2, 0.25) is 0 Å². The molecule has 0 aliphatic carbocycles. The van der Waals surface area contributed by atoms with Crippen LogP contribution in [0, 0.1) is 26.6 Å². The number of hydrogen-bond acceptors (Lipinski definition) is 2. The van der Waals surface area contributed by atoms with E-state index in [1.54, 1.807) is 6.07 Å². The molecule has 4 rings (SSSR count). The van der Waals surface area contributed by atoms with Crippen LogP contribution in [0.25, 0.3) is 22.1 Å². The fourth-order valence-electron chi connectivity index (χ4n) is 4.77. The highest BCUT2D eigenvalue weighted by molar-refractivity contribution is 5.81. The maximum atomic E-state index is 14.0. The first kappa shape index (κ1) is 25.9. The molecule has 0 saturated carbocycles. The Balaban J connectivity index is 0.000000191. The number of nitrogens with zero attached hydrogens (tertiary/aromatic N) is 4. The van der Waals surface area contributed by atoms with Crippen LogP contribution in [0.1, 0.15) is 108 Å². The lowest BCUT2D eigenvalue weighted by Gasteiger charge is -2.13. The summed E-state index contributed by atoms with van der Waals surface area (Å²) >= 11 is 0. The molecule has 4 nitrogen and oxygen atoms in total. The van der Waals surface area contributed by atoms with E-state index in [2.05, 4.69) is 102 Å². The summed E-state index contributed by atoms with van der Waals surface area (Å²) in [6, 6.07) is 8.98. The molecule has 0 radical (unpaired) electrons. The van der Waals surface area contributed by atoms with E-state index in [0.717, 1.165) is 28.2 Å². The fourth-order valence-corrected chi connectivity index (χ4v) is 4.77. The quantitative estimate of drug-likeness (QED) is 0.303. The van der Waals surface area contributed by atoms with Crippen molar-refractivity contribution in [3.05, 3.63) is 58.4 Å². The predicted octanol–water partition coefficient (Wildman–Crippen LogP) is 8.55. The lowest BCUT2D eigenvalue weighted by atomic mass is 10.00. The van der Waals surface area contributed by atoms with Gasteiger partial charge in [-0.2, -0.15) is 0 Å². The minimum absolute atomic E-state index is 0.214. The Morgan fingerprint density at radius 3 is 1.47 bits per heavy atom. The second-order valence-electron chi connectivity index (χ2n) is 10.6. The second-order valence-corrected chi connectivity index (χ2v) is 10.6. The SMILES string of the molecule is Cc1cc(C(C)C)cc2c1nc(C)n2C(C)C.Cc1nc2c(F)cc(C(C)C)cc2n1C(C)C. The molecule has 0 saturated heterocycles. The monoisotopic (exact) mass is 464 g/mol. The van der Waals surface area contributed by atoms with Gasteiger partial charge < -0.3 is 9.13 Å². The highest BCUT2D eigenvalue weighted by atomic mass is 19.1. The summed E-state index contributed by atoms with van der Waals surface area (Å²) in [6.07, 6.45) is 0. The van der Waals surface area contributed by atoms with Crippen molar-refractivity contribution in [3.63, 3.8) is 0 Å². The summed E-state index contributed by atoms with van der Waals surface area (Å²) in [5.41, 5.74) is 7.53. The van der Waals surface area contributed by atoms with Gasteiger partial charge in [0, 0.05) is 12.1 Å². The minimum Gasteiger partial charge on any atom is -0.326 e. The van der Waals surface area contributed by atoms with Crippen LogP contribution >= 0.6 is 0 Å². The van der Waals surface area contributed by atoms with Crippen molar-refractivity contribution in [3.8, 4) is 0 Å². The van der Waals surface area contributed by atoms with Gasteiger partial charge in [0.15, 0.2) is 5.82 Å². The van der Waals surface area contributed by atoms with Crippen molar-refractivity contribution in [2.24, 2.45) is 0 Å². The van der Waals surface area contributed by atoms with Crippen LogP contribution in [0.2, 0.25) is 0 Å². The van der Waals surface area contributed by atoms with Crippen LogP contribution < -0.4 is 0 Å². The van der Waals surface area contributed by atoms with E-state index in [1.807, 2.05) is 6.92 Å². The second kappa shape index (κ2) is 9.89. The number of hydrogen-bond donors (Lipinski definition) is 0. The zero-order valence-corrected chi connectivity index (χ0v) is 22.8. The van der Waals surface area contributed by atoms with E-state index in [-0.39, 0.29) is 5.82 Å². The largest absolute Gasteiger partial charge is 0.326 e. The number of aryl methyl sites for hydroxylation is 3. The maximum Gasteiger partial charge on any atom is 0.151 e. The summed E-state index contributed by atoms with van der Waals surface area (Å²) in [5.74, 6) is 2.65. The molecule has 0 aliphatic heterocycles. The molecule has 184 valence electrons. The fraction of sp³-hybridized carbons (Fsp3) is 0.517. The zero-order chi connectivity index (χ0) is 25.5. The van der Waals surface area contributed by atoms with E-state index in [9.17, 15) is 4.39 Å². The maximum absolute atomic E-state index is 14.0. The summed E-state index contributed by atoms with van der Waals surface area (Å²) in [4.78, 5) is 9.02. The molecule has 0 N–H and O–H groups in total. The van der Waals surface area contributed by atoms with Crippen LogP contribution in [0.15, 0.2) is 24.3 Å². The van der Waals surface area contributed by atoms with Crippen molar-refractivity contribution < 1.29 is 4.39 Å². The van der Waals surface area contributed by atoms with Gasteiger partial charge in [0.1, 0.15) is 17.2 Å². The van der Waals surface area contributed by atoms with Gasteiger partial charge in [0.05, 0.1) is 16.6 Å². The van der Waals surface area contributed by atoms with Crippen LogP contribution in [0.4, 0.5) is 4.39 Å². The van der Waals surface area contributed by atoms with Crippen LogP contribution in [0.3, 0.4) is 0 Å². The number of imidazole rings is 2. The van der Waals surface area contributed by atoms with Gasteiger partial charge in [-0.15, -0.1) is 0 Å². The van der Waals surface area contributed by atoms with Crippen molar-refractivity contribution in [2.45, 2.75) is 100 Å². The van der Waals surface area contributed by atoms with Gasteiger partial charge in [0.25, 0.3) is 0 Å². The normalized spacial score (nSPS) is 12.0. The lowest BCUT2D eigenvalue weighted by molar-refractivity contribution is 0.599. The highest BCUT2D eigenvalue weighted by Gasteiger charge is 2.16. The smallest absolute Gasteiger partial charge is 0.151 e. The van der Waals surface area contributed by atoms with E-state index < -0.39 is 0 Å². The summed E-state index contributed by atoms with van der Waals surface area (Å²) in [7, 11) is 0. The Kier molecular flexibility index (Phi) is 7.54. The first-order valence-corrected chi connectivity index (χ1v) is 12.5.